The molecule has 0 atom stereocenters. The SMILES string of the molecule is Cc1c(C(=O)Oc2ccccc2)ccc2cnc3c(CCC(=O)On4c(O)ccc4O)cccc3c12. The van der Waals surface area contributed by atoms with Crippen molar-refractivity contribution in [3.05, 3.63) is 95.7 Å². The highest BCUT2D eigenvalue weighted by Gasteiger charge is 2.18. The summed E-state index contributed by atoms with van der Waals surface area (Å²) in [7, 11) is 0. The van der Waals surface area contributed by atoms with Gasteiger partial charge in [-0.1, -0.05) is 42.5 Å². The number of fused-ring (bicyclic) bond motifs is 3. The highest BCUT2D eigenvalue weighted by atomic mass is 16.7. The number of pyridine rings is 1. The van der Waals surface area contributed by atoms with E-state index in [1.54, 1.807) is 36.5 Å². The lowest BCUT2D eigenvalue weighted by atomic mass is 9.95. The zero-order chi connectivity index (χ0) is 25.2. The number of esters is 1. The number of aromatic hydroxyl groups is 2. The van der Waals surface area contributed by atoms with Crippen molar-refractivity contribution < 1.29 is 29.4 Å². The predicted octanol–water partition coefficient (Wildman–Crippen LogP) is 4.72. The Morgan fingerprint density at radius 3 is 2.42 bits per heavy atom. The van der Waals surface area contributed by atoms with Gasteiger partial charge in [-0.05, 0) is 48.1 Å². The van der Waals surface area contributed by atoms with Crippen molar-refractivity contribution in [3.63, 3.8) is 0 Å². The molecular weight excluding hydrogens is 460 g/mol. The summed E-state index contributed by atoms with van der Waals surface area (Å²) in [5, 5.41) is 21.9. The van der Waals surface area contributed by atoms with Crippen LogP contribution in [0.5, 0.6) is 17.5 Å². The standard InChI is InChI=1S/C28H22N2O6/c1-17-21(28(34)35-20-7-3-2-4-8-20)12-10-19-16-29-27-18(6-5-9-22(27)26(17)19)11-15-25(33)36-30-23(31)13-14-24(30)32/h2-10,12-14,16,31-32H,11,15H2,1H3. The normalized spacial score (nSPS) is 11.0. The summed E-state index contributed by atoms with van der Waals surface area (Å²) in [4.78, 5) is 34.9. The molecule has 36 heavy (non-hydrogen) atoms. The van der Waals surface area contributed by atoms with E-state index in [1.165, 1.54) is 12.1 Å². The van der Waals surface area contributed by atoms with Crippen molar-refractivity contribution in [2.45, 2.75) is 19.8 Å². The number of para-hydroxylation sites is 2. The molecule has 0 spiro atoms. The fourth-order valence-electron chi connectivity index (χ4n) is 4.23. The Hall–Kier alpha value is -4.85. The molecule has 0 aliphatic heterocycles. The van der Waals surface area contributed by atoms with Gasteiger partial charge in [0.2, 0.25) is 11.8 Å². The van der Waals surface area contributed by atoms with E-state index >= 15 is 0 Å². The topological polar surface area (TPSA) is 111 Å². The highest BCUT2D eigenvalue weighted by Crippen LogP contribution is 2.31. The Morgan fingerprint density at radius 1 is 0.917 bits per heavy atom. The minimum atomic E-state index is -0.628. The summed E-state index contributed by atoms with van der Waals surface area (Å²) in [5.41, 5.74) is 2.76. The van der Waals surface area contributed by atoms with Crippen molar-refractivity contribution >= 4 is 33.6 Å². The van der Waals surface area contributed by atoms with Gasteiger partial charge in [-0.15, -0.1) is 4.73 Å². The second-order valence-electron chi connectivity index (χ2n) is 8.28. The fourth-order valence-corrected chi connectivity index (χ4v) is 4.23. The van der Waals surface area contributed by atoms with Gasteiger partial charge in [0.05, 0.1) is 17.5 Å². The smallest absolute Gasteiger partial charge is 0.343 e. The van der Waals surface area contributed by atoms with Gasteiger partial charge in [0.15, 0.2) is 0 Å². The summed E-state index contributed by atoms with van der Waals surface area (Å²) in [6.07, 6.45) is 2.07. The monoisotopic (exact) mass is 482 g/mol. The van der Waals surface area contributed by atoms with Crippen molar-refractivity contribution in [3.8, 4) is 17.5 Å². The van der Waals surface area contributed by atoms with Crippen LogP contribution >= 0.6 is 0 Å². The van der Waals surface area contributed by atoms with Crippen molar-refractivity contribution in [2.75, 3.05) is 0 Å². The third-order valence-electron chi connectivity index (χ3n) is 5.98. The van der Waals surface area contributed by atoms with Crippen LogP contribution in [0.4, 0.5) is 0 Å². The summed E-state index contributed by atoms with van der Waals surface area (Å²) >= 11 is 0. The van der Waals surface area contributed by atoms with Crippen LogP contribution in [0.1, 0.15) is 27.9 Å². The molecule has 0 bridgehead atoms. The third kappa shape index (κ3) is 4.32. The van der Waals surface area contributed by atoms with Gasteiger partial charge in [0.25, 0.3) is 0 Å². The van der Waals surface area contributed by atoms with E-state index in [2.05, 4.69) is 4.98 Å². The van der Waals surface area contributed by atoms with Gasteiger partial charge in [0, 0.05) is 29.1 Å². The average molecular weight is 482 g/mol. The summed E-state index contributed by atoms with van der Waals surface area (Å²) in [6, 6.07) is 20.6. The number of aryl methyl sites for hydroxylation is 2. The number of rotatable bonds is 6. The number of carbonyl (C=O) groups excluding carboxylic acids is 2. The summed E-state index contributed by atoms with van der Waals surface area (Å²) in [6.45, 7) is 1.88. The first kappa shape index (κ1) is 22.9. The van der Waals surface area contributed by atoms with E-state index in [0.29, 0.717) is 28.0 Å². The maximum absolute atomic E-state index is 12.9. The average Bonchev–Trinajstić information content (AvgIpc) is 3.19. The van der Waals surface area contributed by atoms with E-state index in [4.69, 9.17) is 9.57 Å². The molecule has 0 fully saturated rings. The third-order valence-corrected chi connectivity index (χ3v) is 5.98. The highest BCUT2D eigenvalue weighted by molar-refractivity contribution is 6.11. The molecule has 0 aliphatic rings. The minimum absolute atomic E-state index is 0.00167. The van der Waals surface area contributed by atoms with Crippen molar-refractivity contribution in [1.82, 2.24) is 9.71 Å². The number of hydrogen-bond donors (Lipinski definition) is 2. The molecule has 0 radical (unpaired) electrons. The zero-order valence-corrected chi connectivity index (χ0v) is 19.3. The number of hydrogen-bond acceptors (Lipinski definition) is 7. The Bertz CT molecular complexity index is 1590. The molecule has 5 rings (SSSR count). The van der Waals surface area contributed by atoms with Crippen LogP contribution in [-0.2, 0) is 11.2 Å². The Morgan fingerprint density at radius 2 is 1.67 bits per heavy atom. The minimum Gasteiger partial charge on any atom is -0.492 e. The number of nitrogens with zero attached hydrogens (tertiary/aromatic N) is 2. The van der Waals surface area contributed by atoms with Crippen LogP contribution in [-0.4, -0.2) is 31.9 Å². The molecule has 0 amide bonds. The largest absolute Gasteiger partial charge is 0.492 e. The van der Waals surface area contributed by atoms with Crippen LogP contribution < -0.4 is 9.57 Å². The molecular formula is C28H22N2O6. The molecule has 180 valence electrons. The predicted molar refractivity (Wildman–Crippen MR) is 133 cm³/mol. The Kier molecular flexibility index (Phi) is 6.00. The molecule has 0 aliphatic carbocycles. The lowest BCUT2D eigenvalue weighted by Gasteiger charge is -2.13. The van der Waals surface area contributed by atoms with E-state index in [-0.39, 0.29) is 18.2 Å². The number of ether oxygens (including phenoxy) is 1. The van der Waals surface area contributed by atoms with Crippen LogP contribution in [0.3, 0.4) is 0 Å². The second kappa shape index (κ2) is 9.42. The Balaban J connectivity index is 1.44. The van der Waals surface area contributed by atoms with E-state index in [9.17, 15) is 19.8 Å². The summed E-state index contributed by atoms with van der Waals surface area (Å²) in [5.74, 6) is -1.36. The van der Waals surface area contributed by atoms with E-state index < -0.39 is 11.9 Å². The van der Waals surface area contributed by atoms with Crippen LogP contribution in [0, 0.1) is 6.92 Å². The van der Waals surface area contributed by atoms with Gasteiger partial charge >= 0.3 is 11.9 Å². The fraction of sp³-hybridized carbons (Fsp3) is 0.107. The quantitative estimate of drug-likeness (QED) is 0.205. The number of aromatic nitrogens is 2. The first-order valence-electron chi connectivity index (χ1n) is 11.3. The van der Waals surface area contributed by atoms with Gasteiger partial charge in [-0.3, -0.25) is 4.98 Å². The molecule has 0 saturated carbocycles. The van der Waals surface area contributed by atoms with Gasteiger partial charge in [0.1, 0.15) is 5.75 Å². The molecule has 0 saturated heterocycles. The zero-order valence-electron chi connectivity index (χ0n) is 19.3. The molecule has 2 aromatic heterocycles. The molecule has 0 unspecified atom stereocenters. The van der Waals surface area contributed by atoms with Crippen LogP contribution in [0.25, 0.3) is 21.7 Å². The molecule has 3 aromatic carbocycles. The maximum atomic E-state index is 12.9. The molecule has 8 nitrogen and oxygen atoms in total. The van der Waals surface area contributed by atoms with Gasteiger partial charge in [-0.25, -0.2) is 9.59 Å². The van der Waals surface area contributed by atoms with E-state index in [1.807, 2.05) is 37.3 Å². The Labute approximate surface area is 205 Å². The van der Waals surface area contributed by atoms with Gasteiger partial charge in [-0.2, -0.15) is 0 Å². The molecule has 8 heteroatoms. The maximum Gasteiger partial charge on any atom is 0.343 e. The van der Waals surface area contributed by atoms with Crippen molar-refractivity contribution in [2.24, 2.45) is 0 Å². The second-order valence-corrected chi connectivity index (χ2v) is 8.28. The van der Waals surface area contributed by atoms with E-state index in [0.717, 1.165) is 27.3 Å². The first-order valence-corrected chi connectivity index (χ1v) is 11.3. The lowest BCUT2D eigenvalue weighted by Crippen LogP contribution is -2.19. The number of carbonyl (C=O) groups is 2. The first-order chi connectivity index (χ1) is 17.4. The number of benzene rings is 3. The van der Waals surface area contributed by atoms with Crippen molar-refractivity contribution in [1.29, 1.82) is 0 Å². The molecule has 2 heterocycles. The van der Waals surface area contributed by atoms with Gasteiger partial charge < -0.3 is 19.8 Å². The van der Waals surface area contributed by atoms with Crippen LogP contribution in [0.2, 0.25) is 0 Å². The summed E-state index contributed by atoms with van der Waals surface area (Å²) < 4.78 is 6.21. The lowest BCUT2D eigenvalue weighted by molar-refractivity contribution is -0.145. The molecule has 5 aromatic rings. The van der Waals surface area contributed by atoms with Crippen LogP contribution in [0.15, 0.2) is 79.0 Å². The molecule has 2 N–H and O–H groups in total.